The van der Waals surface area contributed by atoms with Crippen LogP contribution in [0.25, 0.3) is 0 Å². The van der Waals surface area contributed by atoms with Gasteiger partial charge in [0.2, 0.25) is 5.91 Å². The molecule has 0 aliphatic carbocycles. The molecule has 1 fully saturated rings. The van der Waals surface area contributed by atoms with Gasteiger partial charge in [-0.25, -0.2) is 5.32 Å². The van der Waals surface area contributed by atoms with Crippen LogP contribution in [-0.2, 0) is 4.79 Å². The molecule has 1 aliphatic heterocycles. The van der Waals surface area contributed by atoms with Gasteiger partial charge in [0.1, 0.15) is 6.04 Å². The summed E-state index contributed by atoms with van der Waals surface area (Å²) in [5.41, 5.74) is 0. The molecule has 0 aromatic rings. The molecule has 1 radical (unpaired) electrons. The number of carbonyl (C=O) groups excluding carboxylic acids is 1. The minimum absolute atomic E-state index is 0.0310. The first-order valence-electron chi connectivity index (χ1n) is 3.43. The highest BCUT2D eigenvalue weighted by Crippen LogP contribution is 1.86. The van der Waals surface area contributed by atoms with Gasteiger partial charge in [-0.2, -0.15) is 0 Å². The maximum absolute atomic E-state index is 10.9. The summed E-state index contributed by atoms with van der Waals surface area (Å²) in [4.78, 5) is 10.9. The standard InChI is InChI=1S/C6H12N3O/c1-7-6(10)5-4-8-2-3-9-5/h5,9H,2-4H2,1H3,(H,7,10). The lowest BCUT2D eigenvalue weighted by molar-refractivity contribution is -0.122. The molecule has 1 atom stereocenters. The molecule has 1 unspecified atom stereocenters. The first-order valence-corrected chi connectivity index (χ1v) is 3.43. The Morgan fingerprint density at radius 3 is 3.10 bits per heavy atom. The lowest BCUT2D eigenvalue weighted by Crippen LogP contribution is -2.52. The lowest BCUT2D eigenvalue weighted by atomic mass is 10.2. The average molecular weight is 142 g/mol. The van der Waals surface area contributed by atoms with E-state index < -0.39 is 0 Å². The van der Waals surface area contributed by atoms with Crippen molar-refractivity contribution in [3.63, 3.8) is 0 Å². The number of rotatable bonds is 1. The van der Waals surface area contributed by atoms with Gasteiger partial charge >= 0.3 is 0 Å². The third-order valence-electron chi connectivity index (χ3n) is 1.54. The SMILES string of the molecule is CNC(=O)C1C[N]CCN1. The molecule has 2 N–H and O–H groups in total. The van der Waals surface area contributed by atoms with Crippen molar-refractivity contribution in [2.45, 2.75) is 6.04 Å². The van der Waals surface area contributed by atoms with Crippen LogP contribution < -0.4 is 16.0 Å². The van der Waals surface area contributed by atoms with E-state index in [1.54, 1.807) is 7.05 Å². The Balaban J connectivity index is 2.31. The normalized spacial score (nSPS) is 25.9. The van der Waals surface area contributed by atoms with Gasteiger partial charge in [0, 0.05) is 26.7 Å². The van der Waals surface area contributed by atoms with Gasteiger partial charge < -0.3 is 10.6 Å². The Labute approximate surface area is 60.4 Å². The van der Waals surface area contributed by atoms with E-state index in [9.17, 15) is 4.79 Å². The maximum atomic E-state index is 10.9. The Bertz CT molecular complexity index is 120. The summed E-state index contributed by atoms with van der Waals surface area (Å²) in [6.45, 7) is 2.26. The first-order chi connectivity index (χ1) is 4.84. The minimum atomic E-state index is -0.0984. The second-order valence-electron chi connectivity index (χ2n) is 2.25. The highest BCUT2D eigenvalue weighted by atomic mass is 16.2. The van der Waals surface area contributed by atoms with E-state index in [-0.39, 0.29) is 11.9 Å². The Morgan fingerprint density at radius 2 is 2.60 bits per heavy atom. The summed E-state index contributed by atoms with van der Waals surface area (Å²) >= 11 is 0. The van der Waals surface area contributed by atoms with E-state index in [0.717, 1.165) is 13.1 Å². The zero-order chi connectivity index (χ0) is 7.40. The molecule has 0 spiro atoms. The van der Waals surface area contributed by atoms with E-state index in [4.69, 9.17) is 0 Å². The fraction of sp³-hybridized carbons (Fsp3) is 0.833. The molecule has 0 aromatic carbocycles. The van der Waals surface area contributed by atoms with Crippen molar-refractivity contribution in [2.24, 2.45) is 0 Å². The smallest absolute Gasteiger partial charge is 0.238 e. The third kappa shape index (κ3) is 1.68. The van der Waals surface area contributed by atoms with Crippen molar-refractivity contribution in [3.8, 4) is 0 Å². The molecule has 0 bridgehead atoms. The van der Waals surface area contributed by atoms with E-state index in [0.29, 0.717) is 6.54 Å². The molecule has 10 heavy (non-hydrogen) atoms. The molecule has 1 rings (SSSR count). The number of nitrogens with zero attached hydrogens (tertiary/aromatic N) is 1. The number of piperazine rings is 1. The number of nitrogens with one attached hydrogen (secondary N) is 2. The number of amides is 1. The monoisotopic (exact) mass is 142 g/mol. The third-order valence-corrected chi connectivity index (χ3v) is 1.54. The quantitative estimate of drug-likeness (QED) is 0.459. The van der Waals surface area contributed by atoms with Crippen LogP contribution >= 0.6 is 0 Å². The highest BCUT2D eigenvalue weighted by Gasteiger charge is 2.18. The predicted octanol–water partition coefficient (Wildman–Crippen LogP) is -1.69. The van der Waals surface area contributed by atoms with Crippen molar-refractivity contribution in [2.75, 3.05) is 26.7 Å². The van der Waals surface area contributed by atoms with E-state index in [1.807, 2.05) is 0 Å². The van der Waals surface area contributed by atoms with Gasteiger partial charge in [0.15, 0.2) is 0 Å². The summed E-state index contributed by atoms with van der Waals surface area (Å²) in [5.74, 6) is 0.0310. The van der Waals surface area contributed by atoms with Crippen molar-refractivity contribution >= 4 is 5.91 Å². The fourth-order valence-electron chi connectivity index (χ4n) is 0.953. The second kappa shape index (κ2) is 3.53. The van der Waals surface area contributed by atoms with E-state index >= 15 is 0 Å². The molecule has 0 aromatic heterocycles. The van der Waals surface area contributed by atoms with E-state index in [2.05, 4.69) is 16.0 Å². The first kappa shape index (κ1) is 7.50. The maximum Gasteiger partial charge on any atom is 0.238 e. The van der Waals surface area contributed by atoms with Crippen molar-refractivity contribution in [1.29, 1.82) is 0 Å². The van der Waals surface area contributed by atoms with Gasteiger partial charge in [-0.3, -0.25) is 4.79 Å². The van der Waals surface area contributed by atoms with Gasteiger partial charge in [-0.1, -0.05) is 0 Å². The molecular weight excluding hydrogens is 130 g/mol. The molecule has 4 heteroatoms. The average Bonchev–Trinajstić information content (AvgIpc) is 2.05. The molecule has 4 nitrogen and oxygen atoms in total. The molecule has 1 heterocycles. The number of likely N-dealkylation sites (N-methyl/N-ethyl adjacent to an activating group) is 1. The summed E-state index contributed by atoms with van der Waals surface area (Å²) in [6, 6.07) is -0.0984. The molecule has 1 amide bonds. The largest absolute Gasteiger partial charge is 0.358 e. The number of carbonyl (C=O) groups is 1. The minimum Gasteiger partial charge on any atom is -0.358 e. The topological polar surface area (TPSA) is 55.2 Å². The van der Waals surface area contributed by atoms with Gasteiger partial charge in [0.05, 0.1) is 0 Å². The van der Waals surface area contributed by atoms with Crippen LogP contribution in [0.1, 0.15) is 0 Å². The van der Waals surface area contributed by atoms with Crippen LogP contribution in [0.3, 0.4) is 0 Å². The molecule has 1 aliphatic rings. The van der Waals surface area contributed by atoms with Gasteiger partial charge in [-0.15, -0.1) is 0 Å². The van der Waals surface area contributed by atoms with Crippen molar-refractivity contribution < 1.29 is 4.79 Å². The zero-order valence-electron chi connectivity index (χ0n) is 6.05. The van der Waals surface area contributed by atoms with Crippen LogP contribution in [-0.4, -0.2) is 38.6 Å². The lowest BCUT2D eigenvalue weighted by Gasteiger charge is -2.21. The van der Waals surface area contributed by atoms with Crippen LogP contribution in [0, 0.1) is 0 Å². The van der Waals surface area contributed by atoms with Crippen molar-refractivity contribution in [1.82, 2.24) is 16.0 Å². The van der Waals surface area contributed by atoms with Crippen LogP contribution in [0.15, 0.2) is 0 Å². The van der Waals surface area contributed by atoms with Crippen LogP contribution in [0.2, 0.25) is 0 Å². The van der Waals surface area contributed by atoms with Crippen LogP contribution in [0.4, 0.5) is 0 Å². The van der Waals surface area contributed by atoms with Crippen molar-refractivity contribution in [3.05, 3.63) is 0 Å². The molecular formula is C6H12N3O. The molecule has 57 valence electrons. The van der Waals surface area contributed by atoms with Gasteiger partial charge in [-0.05, 0) is 0 Å². The summed E-state index contributed by atoms with van der Waals surface area (Å²) < 4.78 is 0. The summed E-state index contributed by atoms with van der Waals surface area (Å²) in [5, 5.41) is 9.74. The molecule has 1 saturated heterocycles. The zero-order valence-corrected chi connectivity index (χ0v) is 6.05. The molecule has 0 saturated carbocycles. The number of hydrogen-bond acceptors (Lipinski definition) is 2. The van der Waals surface area contributed by atoms with E-state index in [1.165, 1.54) is 0 Å². The Kier molecular flexibility index (Phi) is 2.65. The van der Waals surface area contributed by atoms with Crippen LogP contribution in [0.5, 0.6) is 0 Å². The predicted molar refractivity (Wildman–Crippen MR) is 37.7 cm³/mol. The van der Waals surface area contributed by atoms with Gasteiger partial charge in [0.25, 0.3) is 0 Å². The Hall–Kier alpha value is -0.610. The highest BCUT2D eigenvalue weighted by molar-refractivity contribution is 5.81. The fourth-order valence-corrected chi connectivity index (χ4v) is 0.953. The summed E-state index contributed by atoms with van der Waals surface area (Å²) in [7, 11) is 1.64. The summed E-state index contributed by atoms with van der Waals surface area (Å²) in [6.07, 6.45) is 0. The number of hydrogen-bond donors (Lipinski definition) is 2. The Morgan fingerprint density at radius 1 is 1.80 bits per heavy atom. The second-order valence-corrected chi connectivity index (χ2v) is 2.25.